The summed E-state index contributed by atoms with van der Waals surface area (Å²) >= 11 is 0. The molecule has 0 radical (unpaired) electrons. The van der Waals surface area contributed by atoms with Crippen LogP contribution < -0.4 is 5.32 Å². The molecule has 1 aromatic rings. The zero-order valence-electron chi connectivity index (χ0n) is 7.50. The van der Waals surface area contributed by atoms with Crippen molar-refractivity contribution >= 4 is 0 Å². The normalized spacial score (nSPS) is 13.2. The van der Waals surface area contributed by atoms with Crippen molar-refractivity contribution < 1.29 is 4.74 Å². The molecule has 0 aliphatic carbocycles. The topological polar surface area (TPSA) is 49.9 Å². The molecule has 0 saturated carbocycles. The van der Waals surface area contributed by atoms with E-state index in [1.165, 1.54) is 0 Å². The molecule has 0 fully saturated rings. The van der Waals surface area contributed by atoms with Crippen LogP contribution in [0.15, 0.2) is 12.4 Å². The average molecular weight is 169 g/mol. The highest BCUT2D eigenvalue weighted by Crippen LogP contribution is 2.06. The lowest BCUT2D eigenvalue weighted by Crippen LogP contribution is -2.25. The fourth-order valence-corrected chi connectivity index (χ4v) is 1.12. The summed E-state index contributed by atoms with van der Waals surface area (Å²) in [7, 11) is 1.69. The summed E-state index contributed by atoms with van der Waals surface area (Å²) in [6.07, 6.45) is 3.56. The minimum Gasteiger partial charge on any atom is -0.383 e. The maximum atomic E-state index is 5.06. The van der Waals surface area contributed by atoms with Gasteiger partial charge in [-0.1, -0.05) is 6.92 Å². The second kappa shape index (κ2) is 4.90. The van der Waals surface area contributed by atoms with E-state index in [1.54, 1.807) is 13.3 Å². The Balaban J connectivity index is 2.53. The van der Waals surface area contributed by atoms with E-state index in [0.717, 1.165) is 12.4 Å². The molecule has 0 spiro atoms. The first-order valence-corrected chi connectivity index (χ1v) is 4.10. The zero-order chi connectivity index (χ0) is 8.81. The first kappa shape index (κ1) is 9.22. The second-order valence-corrected chi connectivity index (χ2v) is 2.54. The molecule has 1 atom stereocenters. The van der Waals surface area contributed by atoms with Gasteiger partial charge in [-0.2, -0.15) is 0 Å². The number of ether oxygens (including phenoxy) is 1. The average Bonchev–Trinajstić information content (AvgIpc) is 2.56. The third kappa shape index (κ3) is 2.32. The van der Waals surface area contributed by atoms with Crippen LogP contribution in [0.2, 0.25) is 0 Å². The van der Waals surface area contributed by atoms with Crippen LogP contribution in [-0.4, -0.2) is 30.2 Å². The Bertz CT molecular complexity index is 192. The van der Waals surface area contributed by atoms with Gasteiger partial charge in [-0.25, -0.2) is 4.98 Å². The predicted octanol–water partition coefficient (Wildman–Crippen LogP) is 0.707. The third-order valence-corrected chi connectivity index (χ3v) is 1.63. The Kier molecular flexibility index (Phi) is 3.76. The van der Waals surface area contributed by atoms with Gasteiger partial charge < -0.3 is 15.0 Å². The van der Waals surface area contributed by atoms with Crippen LogP contribution in [0.5, 0.6) is 0 Å². The molecular weight excluding hydrogens is 154 g/mol. The third-order valence-electron chi connectivity index (χ3n) is 1.63. The van der Waals surface area contributed by atoms with Crippen LogP contribution in [0.4, 0.5) is 0 Å². The van der Waals surface area contributed by atoms with Crippen molar-refractivity contribution in [3.63, 3.8) is 0 Å². The molecule has 0 aliphatic rings. The largest absolute Gasteiger partial charge is 0.383 e. The molecule has 1 unspecified atom stereocenters. The number of rotatable bonds is 5. The molecular formula is C8H15N3O. The van der Waals surface area contributed by atoms with Crippen LogP contribution in [0, 0.1) is 0 Å². The van der Waals surface area contributed by atoms with Crippen LogP contribution in [0.25, 0.3) is 0 Å². The zero-order valence-corrected chi connectivity index (χ0v) is 7.50. The number of methoxy groups -OCH3 is 1. The summed E-state index contributed by atoms with van der Waals surface area (Å²) in [5, 5.41) is 3.27. The lowest BCUT2D eigenvalue weighted by atomic mass is 10.3. The van der Waals surface area contributed by atoms with E-state index in [-0.39, 0.29) is 6.04 Å². The van der Waals surface area contributed by atoms with Gasteiger partial charge in [-0.15, -0.1) is 0 Å². The molecule has 0 bridgehead atoms. The van der Waals surface area contributed by atoms with Gasteiger partial charge in [0, 0.05) is 19.5 Å². The van der Waals surface area contributed by atoms with Crippen LogP contribution in [0.3, 0.4) is 0 Å². The highest BCUT2D eigenvalue weighted by molar-refractivity contribution is 4.95. The maximum absolute atomic E-state index is 5.06. The molecule has 12 heavy (non-hydrogen) atoms. The minimum atomic E-state index is 0.176. The first-order chi connectivity index (χ1) is 5.88. The molecule has 0 aliphatic heterocycles. The Hall–Kier alpha value is -0.870. The highest BCUT2D eigenvalue weighted by Gasteiger charge is 2.10. The van der Waals surface area contributed by atoms with Gasteiger partial charge in [0.2, 0.25) is 0 Å². The summed E-state index contributed by atoms with van der Waals surface area (Å²) in [5.74, 6) is 0.929. The minimum absolute atomic E-state index is 0.176. The molecule has 0 aromatic carbocycles. The number of hydrogen-bond donors (Lipinski definition) is 2. The van der Waals surface area contributed by atoms with E-state index in [2.05, 4.69) is 22.2 Å². The highest BCUT2D eigenvalue weighted by atomic mass is 16.5. The van der Waals surface area contributed by atoms with Gasteiger partial charge >= 0.3 is 0 Å². The Morgan fingerprint density at radius 1 is 1.75 bits per heavy atom. The van der Waals surface area contributed by atoms with Gasteiger partial charge in [0.05, 0.1) is 12.6 Å². The van der Waals surface area contributed by atoms with Gasteiger partial charge in [0.15, 0.2) is 0 Å². The molecule has 68 valence electrons. The number of imidazole rings is 1. The van der Waals surface area contributed by atoms with E-state index in [1.807, 2.05) is 6.20 Å². The Labute approximate surface area is 72.3 Å². The molecule has 4 nitrogen and oxygen atoms in total. The molecule has 1 rings (SSSR count). The number of aromatic nitrogens is 2. The summed E-state index contributed by atoms with van der Waals surface area (Å²) in [5.41, 5.74) is 0. The summed E-state index contributed by atoms with van der Waals surface area (Å²) in [6.45, 7) is 3.61. The summed E-state index contributed by atoms with van der Waals surface area (Å²) < 4.78 is 5.06. The molecule has 0 amide bonds. The fraction of sp³-hybridized carbons (Fsp3) is 0.625. The number of hydrogen-bond acceptors (Lipinski definition) is 3. The molecule has 0 saturated heterocycles. The van der Waals surface area contributed by atoms with Crippen molar-refractivity contribution in [3.8, 4) is 0 Å². The maximum Gasteiger partial charge on any atom is 0.125 e. The van der Waals surface area contributed by atoms with Crippen molar-refractivity contribution in [1.29, 1.82) is 0 Å². The van der Waals surface area contributed by atoms with E-state index >= 15 is 0 Å². The van der Waals surface area contributed by atoms with E-state index in [0.29, 0.717) is 6.61 Å². The smallest absolute Gasteiger partial charge is 0.125 e. The van der Waals surface area contributed by atoms with Crippen molar-refractivity contribution in [2.45, 2.75) is 13.0 Å². The Morgan fingerprint density at radius 3 is 3.08 bits per heavy atom. The lowest BCUT2D eigenvalue weighted by molar-refractivity contribution is 0.165. The fourth-order valence-electron chi connectivity index (χ4n) is 1.12. The van der Waals surface area contributed by atoms with Gasteiger partial charge in [-0.3, -0.25) is 0 Å². The number of H-pyrrole nitrogens is 1. The van der Waals surface area contributed by atoms with Gasteiger partial charge in [0.25, 0.3) is 0 Å². The van der Waals surface area contributed by atoms with E-state index < -0.39 is 0 Å². The molecule has 1 heterocycles. The van der Waals surface area contributed by atoms with Crippen LogP contribution in [-0.2, 0) is 4.74 Å². The number of nitrogens with one attached hydrogen (secondary N) is 2. The first-order valence-electron chi connectivity index (χ1n) is 4.10. The molecule has 4 heteroatoms. The lowest BCUT2D eigenvalue weighted by Gasteiger charge is -2.13. The second-order valence-electron chi connectivity index (χ2n) is 2.54. The quantitative estimate of drug-likeness (QED) is 0.682. The van der Waals surface area contributed by atoms with Gasteiger partial charge in [-0.05, 0) is 6.54 Å². The number of nitrogens with zero attached hydrogens (tertiary/aromatic N) is 1. The standard InChI is InChI=1S/C8H15N3O/c1-3-9-7(6-12-2)8-10-4-5-11-8/h4-5,7,9H,3,6H2,1-2H3,(H,10,11). The van der Waals surface area contributed by atoms with E-state index in [4.69, 9.17) is 4.74 Å². The molecule has 2 N–H and O–H groups in total. The number of likely N-dealkylation sites (N-methyl/N-ethyl adjacent to an activating group) is 1. The number of aromatic amines is 1. The van der Waals surface area contributed by atoms with Crippen molar-refractivity contribution in [2.75, 3.05) is 20.3 Å². The van der Waals surface area contributed by atoms with Crippen LogP contribution in [0.1, 0.15) is 18.8 Å². The van der Waals surface area contributed by atoms with Crippen molar-refractivity contribution in [1.82, 2.24) is 15.3 Å². The summed E-state index contributed by atoms with van der Waals surface area (Å²) in [4.78, 5) is 7.21. The summed E-state index contributed by atoms with van der Waals surface area (Å²) in [6, 6.07) is 0.176. The van der Waals surface area contributed by atoms with Crippen LogP contribution >= 0.6 is 0 Å². The molecule has 1 aromatic heterocycles. The van der Waals surface area contributed by atoms with E-state index in [9.17, 15) is 0 Å². The predicted molar refractivity (Wildman–Crippen MR) is 46.9 cm³/mol. The monoisotopic (exact) mass is 169 g/mol. The van der Waals surface area contributed by atoms with Crippen molar-refractivity contribution in [2.24, 2.45) is 0 Å². The Morgan fingerprint density at radius 2 is 2.58 bits per heavy atom. The SMILES string of the molecule is CCNC(COC)c1ncc[nH]1. The van der Waals surface area contributed by atoms with Gasteiger partial charge in [0.1, 0.15) is 5.82 Å². The van der Waals surface area contributed by atoms with Crippen molar-refractivity contribution in [3.05, 3.63) is 18.2 Å².